The number of aliphatic imine (C=N–C) groups is 1. The summed E-state index contributed by atoms with van der Waals surface area (Å²) in [6, 6.07) is 9.35. The summed E-state index contributed by atoms with van der Waals surface area (Å²) in [4.78, 5) is 17.1. The molecule has 0 unspecified atom stereocenters. The normalized spacial score (nSPS) is 10.8. The summed E-state index contributed by atoms with van der Waals surface area (Å²) in [5, 5.41) is 8.64. The van der Waals surface area contributed by atoms with Gasteiger partial charge in [0.05, 0.1) is 13.1 Å². The van der Waals surface area contributed by atoms with E-state index in [0.717, 1.165) is 24.6 Å². The van der Waals surface area contributed by atoms with Crippen molar-refractivity contribution < 1.29 is 4.79 Å². The Morgan fingerprint density at radius 1 is 1.29 bits per heavy atom. The Labute approximate surface area is 163 Å². The number of rotatable bonds is 6. The second-order valence-electron chi connectivity index (χ2n) is 5.14. The van der Waals surface area contributed by atoms with Crippen molar-refractivity contribution in [1.82, 2.24) is 10.6 Å². The SMILES string of the molecule is CCNC(=NCc1cccc(C(N)=O)c1)NCc1sccc1C.I. The van der Waals surface area contributed by atoms with Crippen molar-refractivity contribution in [2.24, 2.45) is 10.7 Å². The molecule has 2 rings (SSSR count). The highest BCUT2D eigenvalue weighted by Gasteiger charge is 2.04. The predicted octanol–water partition coefficient (Wildman–Crippen LogP) is 3.03. The van der Waals surface area contributed by atoms with Crippen molar-refractivity contribution in [1.29, 1.82) is 0 Å². The van der Waals surface area contributed by atoms with Crippen LogP contribution in [0.2, 0.25) is 0 Å². The van der Waals surface area contributed by atoms with Gasteiger partial charge in [0, 0.05) is 17.0 Å². The van der Waals surface area contributed by atoms with Crippen LogP contribution in [0.4, 0.5) is 0 Å². The van der Waals surface area contributed by atoms with E-state index in [9.17, 15) is 4.79 Å². The zero-order valence-electron chi connectivity index (χ0n) is 13.8. The maximum absolute atomic E-state index is 11.2. The van der Waals surface area contributed by atoms with E-state index in [-0.39, 0.29) is 24.0 Å². The molecule has 1 aromatic heterocycles. The van der Waals surface area contributed by atoms with Crippen LogP contribution in [-0.2, 0) is 13.1 Å². The number of benzene rings is 1. The van der Waals surface area contributed by atoms with Gasteiger partial charge < -0.3 is 16.4 Å². The Hall–Kier alpha value is -1.61. The van der Waals surface area contributed by atoms with Gasteiger partial charge in [-0.25, -0.2) is 4.99 Å². The molecule has 0 saturated carbocycles. The van der Waals surface area contributed by atoms with Crippen molar-refractivity contribution in [2.45, 2.75) is 26.9 Å². The third-order valence-corrected chi connectivity index (χ3v) is 4.38. The summed E-state index contributed by atoms with van der Waals surface area (Å²) in [5.41, 5.74) is 8.04. The lowest BCUT2D eigenvalue weighted by atomic mass is 10.1. The van der Waals surface area contributed by atoms with Crippen LogP contribution in [0.5, 0.6) is 0 Å². The standard InChI is InChI=1S/C17H22N4OS.HI/c1-3-19-17(21-11-15-12(2)7-8-23-15)20-10-13-5-4-6-14(9-13)16(18)22;/h4-9H,3,10-11H2,1-2H3,(H2,18,22)(H2,19,20,21);1H. The van der Waals surface area contributed by atoms with E-state index in [2.05, 4.69) is 34.0 Å². The minimum atomic E-state index is -0.422. The molecule has 0 radical (unpaired) electrons. The van der Waals surface area contributed by atoms with Gasteiger partial charge in [-0.1, -0.05) is 12.1 Å². The minimum Gasteiger partial charge on any atom is -0.366 e. The quantitative estimate of drug-likeness (QED) is 0.354. The predicted molar refractivity (Wildman–Crippen MR) is 111 cm³/mol. The Kier molecular flexibility index (Phi) is 8.77. The molecule has 130 valence electrons. The van der Waals surface area contributed by atoms with Crippen LogP contribution in [0, 0.1) is 6.92 Å². The monoisotopic (exact) mass is 458 g/mol. The maximum Gasteiger partial charge on any atom is 0.248 e. The number of amides is 1. The second-order valence-corrected chi connectivity index (χ2v) is 6.14. The summed E-state index contributed by atoms with van der Waals surface area (Å²) in [6.45, 7) is 6.15. The molecule has 0 spiro atoms. The summed E-state index contributed by atoms with van der Waals surface area (Å²) in [5.74, 6) is 0.332. The molecule has 1 amide bonds. The van der Waals surface area contributed by atoms with Crippen LogP contribution in [0.25, 0.3) is 0 Å². The van der Waals surface area contributed by atoms with Gasteiger partial charge in [-0.05, 0) is 48.6 Å². The summed E-state index contributed by atoms with van der Waals surface area (Å²) >= 11 is 1.73. The van der Waals surface area contributed by atoms with E-state index in [4.69, 9.17) is 5.73 Å². The number of carbonyl (C=O) groups excluding carboxylic acids is 1. The largest absolute Gasteiger partial charge is 0.366 e. The van der Waals surface area contributed by atoms with Crippen LogP contribution in [-0.4, -0.2) is 18.4 Å². The molecule has 5 nitrogen and oxygen atoms in total. The number of nitrogens with two attached hydrogens (primary N) is 1. The smallest absolute Gasteiger partial charge is 0.248 e. The third kappa shape index (κ3) is 6.12. The first kappa shape index (κ1) is 20.4. The zero-order chi connectivity index (χ0) is 16.7. The first-order valence-electron chi connectivity index (χ1n) is 7.54. The van der Waals surface area contributed by atoms with Gasteiger partial charge in [-0.15, -0.1) is 35.3 Å². The number of hydrogen-bond acceptors (Lipinski definition) is 3. The van der Waals surface area contributed by atoms with E-state index in [1.165, 1.54) is 10.4 Å². The number of hydrogen-bond donors (Lipinski definition) is 3. The molecule has 0 bridgehead atoms. The molecule has 0 aliphatic carbocycles. The van der Waals surface area contributed by atoms with Crippen LogP contribution >= 0.6 is 35.3 Å². The number of nitrogens with zero attached hydrogens (tertiary/aromatic N) is 1. The van der Waals surface area contributed by atoms with Crippen molar-refractivity contribution in [2.75, 3.05) is 6.54 Å². The van der Waals surface area contributed by atoms with Crippen molar-refractivity contribution in [3.05, 3.63) is 57.3 Å². The molecule has 0 fully saturated rings. The average molecular weight is 458 g/mol. The summed E-state index contributed by atoms with van der Waals surface area (Å²) in [7, 11) is 0. The van der Waals surface area contributed by atoms with Gasteiger partial charge in [0.15, 0.2) is 5.96 Å². The van der Waals surface area contributed by atoms with Gasteiger partial charge in [-0.2, -0.15) is 0 Å². The Balaban J connectivity index is 0.00000288. The maximum atomic E-state index is 11.2. The molecule has 4 N–H and O–H groups in total. The fourth-order valence-electron chi connectivity index (χ4n) is 2.08. The molecule has 0 saturated heterocycles. The summed E-state index contributed by atoms with van der Waals surface area (Å²) in [6.07, 6.45) is 0. The Bertz CT molecular complexity index is 699. The van der Waals surface area contributed by atoms with Crippen LogP contribution in [0.15, 0.2) is 40.7 Å². The Morgan fingerprint density at radius 2 is 2.08 bits per heavy atom. The number of thiophene rings is 1. The Morgan fingerprint density at radius 3 is 2.71 bits per heavy atom. The minimum absolute atomic E-state index is 0. The molecular formula is C17H23IN4OS. The summed E-state index contributed by atoms with van der Waals surface area (Å²) < 4.78 is 0. The molecule has 1 aromatic carbocycles. The number of nitrogens with one attached hydrogen (secondary N) is 2. The second kappa shape index (κ2) is 10.3. The molecule has 24 heavy (non-hydrogen) atoms. The average Bonchev–Trinajstić information content (AvgIpc) is 2.95. The first-order chi connectivity index (χ1) is 11.1. The zero-order valence-corrected chi connectivity index (χ0v) is 17.0. The van der Waals surface area contributed by atoms with Gasteiger partial charge >= 0.3 is 0 Å². The molecule has 0 atom stereocenters. The van der Waals surface area contributed by atoms with Gasteiger partial charge in [-0.3, -0.25) is 4.79 Å². The highest BCUT2D eigenvalue weighted by Crippen LogP contribution is 2.14. The third-order valence-electron chi connectivity index (χ3n) is 3.36. The molecule has 0 aliphatic rings. The lowest BCUT2D eigenvalue weighted by Gasteiger charge is -2.11. The number of guanidine groups is 1. The van der Waals surface area contributed by atoms with E-state index in [0.29, 0.717) is 12.1 Å². The lowest BCUT2D eigenvalue weighted by molar-refractivity contribution is 0.1000. The van der Waals surface area contributed by atoms with E-state index in [1.807, 2.05) is 19.1 Å². The number of halogens is 1. The fraction of sp³-hybridized carbons (Fsp3) is 0.294. The number of carbonyl (C=O) groups is 1. The van der Waals surface area contributed by atoms with Crippen molar-refractivity contribution in [3.63, 3.8) is 0 Å². The molecular weight excluding hydrogens is 435 g/mol. The van der Waals surface area contributed by atoms with E-state index >= 15 is 0 Å². The lowest BCUT2D eigenvalue weighted by Crippen LogP contribution is -2.36. The van der Waals surface area contributed by atoms with E-state index < -0.39 is 5.91 Å². The highest BCUT2D eigenvalue weighted by atomic mass is 127. The van der Waals surface area contributed by atoms with Crippen LogP contribution in [0.1, 0.15) is 33.3 Å². The number of aryl methyl sites for hydroxylation is 1. The first-order valence-corrected chi connectivity index (χ1v) is 8.42. The van der Waals surface area contributed by atoms with Gasteiger partial charge in [0.2, 0.25) is 5.91 Å². The van der Waals surface area contributed by atoms with Crippen molar-refractivity contribution >= 4 is 47.2 Å². The van der Waals surface area contributed by atoms with Gasteiger partial charge in [0.25, 0.3) is 0 Å². The van der Waals surface area contributed by atoms with E-state index in [1.54, 1.807) is 23.5 Å². The number of primary amides is 1. The molecule has 7 heteroatoms. The van der Waals surface area contributed by atoms with Gasteiger partial charge in [0.1, 0.15) is 0 Å². The highest BCUT2D eigenvalue weighted by molar-refractivity contribution is 14.0. The van der Waals surface area contributed by atoms with Crippen LogP contribution in [0.3, 0.4) is 0 Å². The van der Waals surface area contributed by atoms with Crippen LogP contribution < -0.4 is 16.4 Å². The topological polar surface area (TPSA) is 79.5 Å². The van der Waals surface area contributed by atoms with Crippen molar-refractivity contribution in [3.8, 4) is 0 Å². The molecule has 2 aromatic rings. The molecule has 1 heterocycles. The fourth-order valence-corrected chi connectivity index (χ4v) is 2.93. The molecule has 0 aliphatic heterocycles.